The normalized spacial score (nSPS) is 15.6. The lowest BCUT2D eigenvalue weighted by atomic mass is 10.2. The first-order chi connectivity index (χ1) is 12.5. The van der Waals surface area contributed by atoms with Crippen LogP contribution < -0.4 is 4.90 Å². The van der Waals surface area contributed by atoms with Crippen LogP contribution in [0.2, 0.25) is 5.02 Å². The molecule has 1 aliphatic heterocycles. The molecule has 132 valence electrons. The third-order valence-corrected chi connectivity index (χ3v) is 5.40. The van der Waals surface area contributed by atoms with Gasteiger partial charge in [-0.15, -0.1) is 0 Å². The first-order valence-corrected chi connectivity index (χ1v) is 9.40. The van der Waals surface area contributed by atoms with Crippen LogP contribution in [0.4, 0.5) is 5.69 Å². The Bertz CT molecular complexity index is 882. The van der Waals surface area contributed by atoms with Gasteiger partial charge >= 0.3 is 0 Å². The summed E-state index contributed by atoms with van der Waals surface area (Å²) in [5, 5.41) is 0.634. The number of amides is 2. The highest BCUT2D eigenvalue weighted by Gasteiger charge is 2.34. The van der Waals surface area contributed by atoms with Gasteiger partial charge in [0.1, 0.15) is 11.0 Å². The van der Waals surface area contributed by atoms with E-state index in [4.69, 9.17) is 23.8 Å². The minimum Gasteiger partial charge on any atom is -0.294 e. The summed E-state index contributed by atoms with van der Waals surface area (Å²) in [6, 6.07) is 16.4. The number of thioether (sulfide) groups is 1. The van der Waals surface area contributed by atoms with Crippen molar-refractivity contribution in [3.8, 4) is 0 Å². The second-order valence-corrected chi connectivity index (χ2v) is 7.70. The van der Waals surface area contributed by atoms with Gasteiger partial charge in [0, 0.05) is 17.6 Å². The Morgan fingerprint density at radius 2 is 1.85 bits per heavy atom. The highest BCUT2D eigenvalue weighted by atomic mass is 35.5. The van der Waals surface area contributed by atoms with Crippen LogP contribution in [0, 0.1) is 0 Å². The van der Waals surface area contributed by atoms with Crippen LogP contribution in [0.3, 0.4) is 0 Å². The molecule has 4 nitrogen and oxygen atoms in total. The summed E-state index contributed by atoms with van der Waals surface area (Å²) >= 11 is 12.5. The SMILES string of the molecule is CC(=O)N(CN1C(=O)/C(=C/c2ccc(Cl)cc2)SC1=S)c1ccccc1. The standard InChI is InChI=1S/C19H15ClN2O2S2/c1-13(23)21(16-5-3-2-4-6-16)12-22-18(24)17(26-19(22)25)11-14-7-9-15(20)10-8-14/h2-11H,12H2,1H3/b17-11-. The average Bonchev–Trinajstić information content (AvgIpc) is 2.89. The monoisotopic (exact) mass is 402 g/mol. The molecule has 0 saturated carbocycles. The molecule has 3 rings (SSSR count). The average molecular weight is 403 g/mol. The van der Waals surface area contributed by atoms with Gasteiger partial charge in [0.25, 0.3) is 5.91 Å². The van der Waals surface area contributed by atoms with E-state index in [2.05, 4.69) is 0 Å². The summed E-state index contributed by atoms with van der Waals surface area (Å²) in [5.41, 5.74) is 1.58. The first kappa shape index (κ1) is 18.6. The summed E-state index contributed by atoms with van der Waals surface area (Å²) < 4.78 is 0.428. The Morgan fingerprint density at radius 1 is 1.19 bits per heavy atom. The minimum atomic E-state index is -0.211. The molecule has 7 heteroatoms. The fourth-order valence-corrected chi connectivity index (χ4v) is 3.81. The van der Waals surface area contributed by atoms with Crippen LogP contribution in [-0.4, -0.2) is 27.7 Å². The van der Waals surface area contributed by atoms with Crippen molar-refractivity contribution in [2.24, 2.45) is 0 Å². The lowest BCUT2D eigenvalue weighted by molar-refractivity contribution is -0.122. The van der Waals surface area contributed by atoms with E-state index in [0.717, 1.165) is 11.3 Å². The van der Waals surface area contributed by atoms with E-state index in [1.54, 1.807) is 18.2 Å². The van der Waals surface area contributed by atoms with Gasteiger partial charge in [-0.25, -0.2) is 0 Å². The van der Waals surface area contributed by atoms with E-state index < -0.39 is 0 Å². The molecule has 26 heavy (non-hydrogen) atoms. The molecule has 0 aliphatic carbocycles. The third kappa shape index (κ3) is 4.15. The maximum atomic E-state index is 12.8. The second-order valence-electron chi connectivity index (χ2n) is 5.59. The molecule has 1 aliphatic rings. The predicted molar refractivity (Wildman–Crippen MR) is 111 cm³/mol. The summed E-state index contributed by atoms with van der Waals surface area (Å²) in [6.45, 7) is 1.55. The maximum Gasteiger partial charge on any atom is 0.267 e. The fourth-order valence-electron chi connectivity index (χ4n) is 2.44. The van der Waals surface area contributed by atoms with Gasteiger partial charge in [-0.2, -0.15) is 0 Å². The third-order valence-electron chi connectivity index (χ3n) is 3.77. The fraction of sp³-hybridized carbons (Fsp3) is 0.105. The Kier molecular flexibility index (Phi) is 5.76. The molecule has 2 amide bonds. The van der Waals surface area contributed by atoms with Gasteiger partial charge in [0.2, 0.25) is 5.91 Å². The van der Waals surface area contributed by atoms with Gasteiger partial charge in [-0.1, -0.05) is 65.9 Å². The summed E-state index contributed by atoms with van der Waals surface area (Å²) in [5.74, 6) is -0.371. The van der Waals surface area contributed by atoms with Gasteiger partial charge in [-0.05, 0) is 35.9 Å². The van der Waals surface area contributed by atoms with Crippen LogP contribution in [-0.2, 0) is 9.59 Å². The van der Waals surface area contributed by atoms with Crippen molar-refractivity contribution in [1.82, 2.24) is 4.90 Å². The smallest absolute Gasteiger partial charge is 0.267 e. The number of thiocarbonyl (C=S) groups is 1. The number of halogens is 1. The molecule has 2 aromatic rings. The number of carbonyl (C=O) groups is 2. The highest BCUT2D eigenvalue weighted by Crippen LogP contribution is 2.33. The molecule has 0 bridgehead atoms. The molecule has 1 heterocycles. The summed E-state index contributed by atoms with van der Waals surface area (Å²) in [4.78, 5) is 28.3. The molecule has 2 aromatic carbocycles. The Labute approximate surface area is 166 Å². The Morgan fingerprint density at radius 3 is 2.46 bits per heavy atom. The van der Waals surface area contributed by atoms with E-state index in [9.17, 15) is 9.59 Å². The van der Waals surface area contributed by atoms with E-state index >= 15 is 0 Å². The number of hydrogen-bond acceptors (Lipinski definition) is 4. The number of anilines is 1. The quantitative estimate of drug-likeness (QED) is 0.555. The number of rotatable bonds is 4. The van der Waals surface area contributed by atoms with E-state index in [0.29, 0.717) is 14.2 Å². The zero-order chi connectivity index (χ0) is 18.7. The lowest BCUT2D eigenvalue weighted by Gasteiger charge is -2.26. The van der Waals surface area contributed by atoms with Crippen LogP contribution in [0.1, 0.15) is 12.5 Å². The van der Waals surface area contributed by atoms with Crippen LogP contribution >= 0.6 is 35.6 Å². The molecule has 0 atom stereocenters. The number of carbonyl (C=O) groups excluding carboxylic acids is 2. The molecule has 0 unspecified atom stereocenters. The van der Waals surface area contributed by atoms with Crippen LogP contribution in [0.5, 0.6) is 0 Å². The molecule has 1 saturated heterocycles. The van der Waals surface area contributed by atoms with Crippen molar-refractivity contribution in [2.75, 3.05) is 11.6 Å². The van der Waals surface area contributed by atoms with Crippen LogP contribution in [0.15, 0.2) is 59.5 Å². The van der Waals surface area contributed by atoms with Gasteiger partial charge in [0.15, 0.2) is 0 Å². The van der Waals surface area contributed by atoms with Crippen molar-refractivity contribution in [1.29, 1.82) is 0 Å². The van der Waals surface area contributed by atoms with Crippen molar-refractivity contribution in [3.05, 3.63) is 70.1 Å². The molecule has 0 aromatic heterocycles. The topological polar surface area (TPSA) is 40.6 Å². The highest BCUT2D eigenvalue weighted by molar-refractivity contribution is 8.26. The molecule has 0 spiro atoms. The number of benzene rings is 2. The zero-order valence-electron chi connectivity index (χ0n) is 13.9. The van der Waals surface area contributed by atoms with Gasteiger partial charge in [-0.3, -0.25) is 19.4 Å². The first-order valence-electron chi connectivity index (χ1n) is 7.80. The molecular formula is C19H15ClN2O2S2. The Balaban J connectivity index is 1.82. The van der Waals surface area contributed by atoms with Gasteiger partial charge < -0.3 is 0 Å². The van der Waals surface area contributed by atoms with E-state index in [1.807, 2.05) is 42.5 Å². The number of nitrogens with zero attached hydrogens (tertiary/aromatic N) is 2. The predicted octanol–water partition coefficient (Wildman–Crippen LogP) is 4.55. The molecule has 0 N–H and O–H groups in total. The van der Waals surface area contributed by atoms with Crippen molar-refractivity contribution >= 4 is 63.5 Å². The van der Waals surface area contributed by atoms with Crippen LogP contribution in [0.25, 0.3) is 6.08 Å². The largest absolute Gasteiger partial charge is 0.294 e. The molecular weight excluding hydrogens is 388 g/mol. The van der Waals surface area contributed by atoms with E-state index in [-0.39, 0.29) is 18.5 Å². The molecule has 1 fully saturated rings. The summed E-state index contributed by atoms with van der Waals surface area (Å²) in [7, 11) is 0. The number of hydrogen-bond donors (Lipinski definition) is 0. The second kappa shape index (κ2) is 8.03. The minimum absolute atomic E-state index is 0.0853. The zero-order valence-corrected chi connectivity index (χ0v) is 16.3. The van der Waals surface area contributed by atoms with E-state index in [1.165, 1.54) is 28.5 Å². The summed E-state index contributed by atoms with van der Waals surface area (Å²) in [6.07, 6.45) is 1.77. The number of para-hydroxylation sites is 1. The lowest BCUT2D eigenvalue weighted by Crippen LogP contribution is -2.42. The van der Waals surface area contributed by atoms with Crippen molar-refractivity contribution in [3.63, 3.8) is 0 Å². The Hall–Kier alpha value is -2.15. The van der Waals surface area contributed by atoms with Crippen molar-refractivity contribution in [2.45, 2.75) is 6.92 Å². The van der Waals surface area contributed by atoms with Crippen molar-refractivity contribution < 1.29 is 9.59 Å². The maximum absolute atomic E-state index is 12.8. The molecule has 0 radical (unpaired) electrons. The van der Waals surface area contributed by atoms with Gasteiger partial charge in [0.05, 0.1) is 4.91 Å².